The van der Waals surface area contributed by atoms with Crippen molar-refractivity contribution in [2.45, 2.75) is 13.8 Å². The molecule has 3 nitrogen and oxygen atoms in total. The van der Waals surface area contributed by atoms with Gasteiger partial charge in [-0.1, -0.05) is 12.1 Å². The van der Waals surface area contributed by atoms with E-state index in [1.54, 1.807) is 18.3 Å². The van der Waals surface area contributed by atoms with Crippen LogP contribution in [0.5, 0.6) is 0 Å². The molecule has 1 aromatic heterocycles. The summed E-state index contributed by atoms with van der Waals surface area (Å²) < 4.78 is 13.8. The van der Waals surface area contributed by atoms with Gasteiger partial charge in [-0.05, 0) is 37.6 Å². The average molecular weight is 245 g/mol. The Morgan fingerprint density at radius 2 is 2.06 bits per heavy atom. The van der Waals surface area contributed by atoms with Crippen molar-refractivity contribution in [3.63, 3.8) is 0 Å². The van der Waals surface area contributed by atoms with Crippen LogP contribution < -0.4 is 10.6 Å². The van der Waals surface area contributed by atoms with Crippen molar-refractivity contribution >= 4 is 17.2 Å². The van der Waals surface area contributed by atoms with Crippen molar-refractivity contribution in [1.29, 1.82) is 0 Å². The zero-order valence-corrected chi connectivity index (χ0v) is 10.5. The summed E-state index contributed by atoms with van der Waals surface area (Å²) in [5, 5.41) is 0. The lowest BCUT2D eigenvalue weighted by atomic mass is 10.2. The number of anilines is 3. The van der Waals surface area contributed by atoms with E-state index in [1.165, 1.54) is 6.07 Å². The molecule has 0 saturated heterocycles. The first-order valence-electron chi connectivity index (χ1n) is 5.87. The largest absolute Gasteiger partial charge is 0.397 e. The Labute approximate surface area is 106 Å². The van der Waals surface area contributed by atoms with Gasteiger partial charge in [0.1, 0.15) is 11.6 Å². The number of nitrogen functional groups attached to an aromatic ring is 1. The molecule has 0 amide bonds. The molecule has 0 unspecified atom stereocenters. The van der Waals surface area contributed by atoms with Crippen molar-refractivity contribution in [3.8, 4) is 0 Å². The van der Waals surface area contributed by atoms with Crippen LogP contribution in [0.3, 0.4) is 0 Å². The molecule has 0 aliphatic rings. The first-order valence-corrected chi connectivity index (χ1v) is 5.87. The number of nitrogens with two attached hydrogens (primary N) is 1. The van der Waals surface area contributed by atoms with Crippen molar-refractivity contribution in [2.24, 2.45) is 0 Å². The molecule has 0 spiro atoms. The number of nitrogens with zero attached hydrogens (tertiary/aromatic N) is 2. The van der Waals surface area contributed by atoms with Crippen LogP contribution in [0.2, 0.25) is 0 Å². The van der Waals surface area contributed by atoms with Gasteiger partial charge < -0.3 is 10.6 Å². The minimum absolute atomic E-state index is 0.254. The number of para-hydroxylation sites is 1. The summed E-state index contributed by atoms with van der Waals surface area (Å²) in [5.41, 5.74) is 7.85. The highest BCUT2D eigenvalue weighted by molar-refractivity contribution is 5.63. The number of hydrogen-bond donors (Lipinski definition) is 1. The summed E-state index contributed by atoms with van der Waals surface area (Å²) in [7, 11) is 0. The fraction of sp³-hybridized carbons (Fsp3) is 0.214. The van der Waals surface area contributed by atoms with E-state index in [4.69, 9.17) is 5.73 Å². The highest BCUT2D eigenvalue weighted by atomic mass is 19.1. The van der Waals surface area contributed by atoms with Crippen molar-refractivity contribution < 1.29 is 4.39 Å². The SMILES string of the molecule is CCN(c1cc(C)c(N)cn1)c1ccccc1F. The Morgan fingerprint density at radius 1 is 1.33 bits per heavy atom. The predicted octanol–water partition coefficient (Wildman–Crippen LogP) is 3.27. The molecular formula is C14H16FN3. The van der Waals surface area contributed by atoms with Gasteiger partial charge in [0.15, 0.2) is 0 Å². The third kappa shape index (κ3) is 2.27. The maximum absolute atomic E-state index is 13.8. The Hall–Kier alpha value is -2.10. The van der Waals surface area contributed by atoms with Gasteiger partial charge >= 0.3 is 0 Å². The molecular weight excluding hydrogens is 229 g/mol. The molecule has 0 fully saturated rings. The lowest BCUT2D eigenvalue weighted by Crippen LogP contribution is -2.18. The van der Waals surface area contributed by atoms with Crippen LogP contribution in [-0.2, 0) is 0 Å². The number of benzene rings is 1. The number of pyridine rings is 1. The summed E-state index contributed by atoms with van der Waals surface area (Å²) in [6, 6.07) is 8.54. The number of rotatable bonds is 3. The average Bonchev–Trinajstić information content (AvgIpc) is 2.37. The zero-order valence-electron chi connectivity index (χ0n) is 10.5. The van der Waals surface area contributed by atoms with Crippen LogP contribution in [0.1, 0.15) is 12.5 Å². The maximum atomic E-state index is 13.8. The maximum Gasteiger partial charge on any atom is 0.146 e. The molecule has 1 heterocycles. The van der Waals surface area contributed by atoms with E-state index in [9.17, 15) is 4.39 Å². The van der Waals surface area contributed by atoms with Gasteiger partial charge in [0.25, 0.3) is 0 Å². The van der Waals surface area contributed by atoms with E-state index in [2.05, 4.69) is 4.98 Å². The monoisotopic (exact) mass is 245 g/mol. The first-order chi connectivity index (χ1) is 8.63. The fourth-order valence-electron chi connectivity index (χ4n) is 1.83. The second-order valence-corrected chi connectivity index (χ2v) is 4.09. The van der Waals surface area contributed by atoms with E-state index in [-0.39, 0.29) is 5.82 Å². The molecule has 0 bridgehead atoms. The first kappa shape index (κ1) is 12.4. The standard InChI is InChI=1S/C14H16FN3/c1-3-18(13-7-5-4-6-11(13)15)14-8-10(2)12(16)9-17-14/h4-9H,3,16H2,1-2H3. The number of halogens is 1. The van der Waals surface area contributed by atoms with Crippen molar-refractivity contribution in [1.82, 2.24) is 4.98 Å². The summed E-state index contributed by atoms with van der Waals surface area (Å²) in [5.74, 6) is 0.449. The lowest BCUT2D eigenvalue weighted by Gasteiger charge is -2.23. The van der Waals surface area contributed by atoms with E-state index in [0.717, 1.165) is 5.56 Å². The predicted molar refractivity (Wildman–Crippen MR) is 72.5 cm³/mol. The molecule has 2 N–H and O–H groups in total. The highest BCUT2D eigenvalue weighted by Crippen LogP contribution is 2.27. The summed E-state index contributed by atoms with van der Waals surface area (Å²) >= 11 is 0. The van der Waals surface area contributed by atoms with Gasteiger partial charge in [0.05, 0.1) is 17.6 Å². The summed E-state index contributed by atoms with van der Waals surface area (Å²) in [6.45, 7) is 4.51. The normalized spacial score (nSPS) is 10.4. The molecule has 0 saturated carbocycles. The van der Waals surface area contributed by atoms with Gasteiger partial charge in [-0.25, -0.2) is 9.37 Å². The van der Waals surface area contributed by atoms with Crippen LogP contribution in [0, 0.1) is 12.7 Å². The molecule has 1 aromatic carbocycles. The molecule has 0 atom stereocenters. The van der Waals surface area contributed by atoms with Crippen LogP contribution in [-0.4, -0.2) is 11.5 Å². The van der Waals surface area contributed by atoms with Crippen molar-refractivity contribution in [2.75, 3.05) is 17.2 Å². The second-order valence-electron chi connectivity index (χ2n) is 4.09. The van der Waals surface area contributed by atoms with E-state index in [0.29, 0.717) is 23.7 Å². The Morgan fingerprint density at radius 3 is 2.67 bits per heavy atom. The van der Waals surface area contributed by atoms with E-state index >= 15 is 0 Å². The molecule has 0 aliphatic heterocycles. The molecule has 0 aliphatic carbocycles. The molecule has 94 valence electrons. The molecule has 4 heteroatoms. The number of aromatic nitrogens is 1. The molecule has 2 rings (SSSR count). The molecule has 2 aromatic rings. The second kappa shape index (κ2) is 5.04. The Balaban J connectivity index is 2.45. The number of aryl methyl sites for hydroxylation is 1. The minimum Gasteiger partial charge on any atom is -0.397 e. The van der Waals surface area contributed by atoms with Crippen LogP contribution >= 0.6 is 0 Å². The van der Waals surface area contributed by atoms with Crippen LogP contribution in [0.15, 0.2) is 36.5 Å². The van der Waals surface area contributed by atoms with Crippen molar-refractivity contribution in [3.05, 3.63) is 47.9 Å². The third-order valence-electron chi connectivity index (χ3n) is 2.87. The quantitative estimate of drug-likeness (QED) is 0.902. The lowest BCUT2D eigenvalue weighted by molar-refractivity contribution is 0.625. The van der Waals surface area contributed by atoms with Crippen LogP contribution in [0.25, 0.3) is 0 Å². The number of hydrogen-bond acceptors (Lipinski definition) is 3. The van der Waals surface area contributed by atoms with Gasteiger partial charge in [-0.2, -0.15) is 0 Å². The third-order valence-corrected chi connectivity index (χ3v) is 2.87. The van der Waals surface area contributed by atoms with Gasteiger partial charge in [-0.15, -0.1) is 0 Å². The topological polar surface area (TPSA) is 42.1 Å². The molecule has 18 heavy (non-hydrogen) atoms. The minimum atomic E-state index is -0.254. The van der Waals surface area contributed by atoms with Gasteiger partial charge in [-0.3, -0.25) is 0 Å². The Bertz CT molecular complexity index is 554. The zero-order chi connectivity index (χ0) is 13.1. The van der Waals surface area contributed by atoms with E-state index in [1.807, 2.05) is 30.9 Å². The fourth-order valence-corrected chi connectivity index (χ4v) is 1.83. The van der Waals surface area contributed by atoms with Gasteiger partial charge in [0, 0.05) is 6.54 Å². The summed E-state index contributed by atoms with van der Waals surface area (Å²) in [6.07, 6.45) is 1.61. The highest BCUT2D eigenvalue weighted by Gasteiger charge is 2.13. The van der Waals surface area contributed by atoms with Crippen LogP contribution in [0.4, 0.5) is 21.6 Å². The summed E-state index contributed by atoms with van der Waals surface area (Å²) in [4.78, 5) is 6.08. The smallest absolute Gasteiger partial charge is 0.146 e. The Kier molecular flexibility index (Phi) is 3.46. The van der Waals surface area contributed by atoms with E-state index < -0.39 is 0 Å². The molecule has 0 radical (unpaired) electrons. The van der Waals surface area contributed by atoms with Gasteiger partial charge in [0.2, 0.25) is 0 Å².